The van der Waals surface area contributed by atoms with Crippen molar-refractivity contribution in [3.63, 3.8) is 0 Å². The fourth-order valence-corrected chi connectivity index (χ4v) is 7.84. The summed E-state index contributed by atoms with van der Waals surface area (Å²) in [6.45, 7) is 0.509. The summed E-state index contributed by atoms with van der Waals surface area (Å²) >= 11 is 16.4. The molecule has 2 aromatic rings. The van der Waals surface area contributed by atoms with Crippen LogP contribution in [0.4, 0.5) is 0 Å². The molecule has 0 radical (unpaired) electrons. The minimum atomic E-state index is -1.19. The van der Waals surface area contributed by atoms with Crippen LogP contribution in [0.25, 0.3) is 6.08 Å². The number of pyridine rings is 1. The van der Waals surface area contributed by atoms with Crippen molar-refractivity contribution < 1.29 is 39.1 Å². The number of aliphatic hydroxyl groups is 1. The highest BCUT2D eigenvalue weighted by atomic mass is 35.5. The molecule has 0 aliphatic carbocycles. The van der Waals surface area contributed by atoms with E-state index in [1.807, 2.05) is 29.1 Å². The molecule has 10 nitrogen and oxygen atoms in total. The number of fused-ring (bicyclic) bond motifs is 1. The standard InChI is InChI=1S/C26H23Cl2N3O7S3/c27-17-10-19(18(28)9-14(17)1-2-21(34)35)40-13-20(33)29-22-24(36)31-23(26(37)38)15(12-41-25(22)31)11-39-16-3-5-30(6-4-16)7-8-32/h1-6,9-10,22,25,32H,7-8,11-13H2,(H2-,29,33,34,35,37,38)/p+1/b2-1+/t22-,25-/m1/s1. The highest BCUT2D eigenvalue weighted by Gasteiger charge is 2.54. The molecule has 0 saturated carbocycles. The maximum absolute atomic E-state index is 13.0. The summed E-state index contributed by atoms with van der Waals surface area (Å²) in [7, 11) is 0. The van der Waals surface area contributed by atoms with Gasteiger partial charge >= 0.3 is 11.9 Å². The summed E-state index contributed by atoms with van der Waals surface area (Å²) in [5.41, 5.74) is 0.992. The van der Waals surface area contributed by atoms with Crippen LogP contribution in [0, 0.1) is 0 Å². The molecule has 216 valence electrons. The van der Waals surface area contributed by atoms with Gasteiger partial charge in [0.05, 0.1) is 10.8 Å². The Balaban J connectivity index is 1.35. The van der Waals surface area contributed by atoms with E-state index in [1.165, 1.54) is 46.6 Å². The maximum atomic E-state index is 13.0. The van der Waals surface area contributed by atoms with Crippen molar-refractivity contribution in [2.45, 2.75) is 27.8 Å². The number of rotatable bonds is 12. The Morgan fingerprint density at radius 2 is 1.88 bits per heavy atom. The van der Waals surface area contributed by atoms with Gasteiger partial charge in [0.1, 0.15) is 23.7 Å². The molecule has 2 aliphatic rings. The maximum Gasteiger partial charge on any atom is 0.352 e. The van der Waals surface area contributed by atoms with Crippen LogP contribution in [0.5, 0.6) is 0 Å². The van der Waals surface area contributed by atoms with Crippen molar-refractivity contribution in [1.29, 1.82) is 0 Å². The number of aliphatic carboxylic acids is 2. The fourth-order valence-electron chi connectivity index (χ4n) is 4.07. The molecule has 0 spiro atoms. The lowest BCUT2D eigenvalue weighted by atomic mass is 10.0. The average Bonchev–Trinajstić information content (AvgIpc) is 2.94. The molecule has 1 aromatic heterocycles. The van der Waals surface area contributed by atoms with E-state index >= 15 is 0 Å². The molecular weight excluding hydrogens is 633 g/mol. The van der Waals surface area contributed by atoms with Crippen LogP contribution in [-0.4, -0.2) is 79.3 Å². The molecule has 41 heavy (non-hydrogen) atoms. The monoisotopic (exact) mass is 656 g/mol. The van der Waals surface area contributed by atoms with Crippen LogP contribution >= 0.6 is 58.5 Å². The van der Waals surface area contributed by atoms with E-state index < -0.39 is 35.2 Å². The second kappa shape index (κ2) is 14.0. The molecule has 0 bridgehead atoms. The third-order valence-corrected chi connectivity index (χ3v) is 10.3. The van der Waals surface area contributed by atoms with Crippen molar-refractivity contribution in [1.82, 2.24) is 10.2 Å². The van der Waals surface area contributed by atoms with Gasteiger partial charge in [-0.25, -0.2) is 14.2 Å². The topological polar surface area (TPSA) is 148 Å². The van der Waals surface area contributed by atoms with Gasteiger partial charge in [-0.05, 0) is 29.3 Å². The van der Waals surface area contributed by atoms with Crippen LogP contribution < -0.4 is 9.88 Å². The molecule has 0 unspecified atom stereocenters. The molecule has 15 heteroatoms. The van der Waals surface area contributed by atoms with Crippen molar-refractivity contribution in [3.8, 4) is 0 Å². The number of aliphatic hydroxyl groups excluding tert-OH is 1. The largest absolute Gasteiger partial charge is 0.478 e. The van der Waals surface area contributed by atoms with Gasteiger partial charge in [-0.3, -0.25) is 14.5 Å². The lowest BCUT2D eigenvalue weighted by Crippen LogP contribution is -2.70. The number of halogens is 2. The van der Waals surface area contributed by atoms with Crippen molar-refractivity contribution in [2.24, 2.45) is 0 Å². The number of aromatic nitrogens is 1. The number of carboxylic acids is 2. The Hall–Kier alpha value is -2.68. The van der Waals surface area contributed by atoms with Crippen molar-refractivity contribution >= 4 is 88.3 Å². The molecule has 2 atom stereocenters. The molecule has 1 saturated heterocycles. The second-order valence-electron chi connectivity index (χ2n) is 8.76. The van der Waals surface area contributed by atoms with Crippen LogP contribution in [-0.2, 0) is 25.7 Å². The number of carboxylic acid groups (broad SMARTS) is 2. The Morgan fingerprint density at radius 1 is 1.15 bits per heavy atom. The van der Waals surface area contributed by atoms with E-state index in [2.05, 4.69) is 5.32 Å². The van der Waals surface area contributed by atoms with Crippen molar-refractivity contribution in [3.05, 3.63) is 69.6 Å². The van der Waals surface area contributed by atoms with E-state index in [9.17, 15) is 24.3 Å². The first-order valence-electron chi connectivity index (χ1n) is 12.0. The van der Waals surface area contributed by atoms with Gasteiger partial charge in [-0.2, -0.15) is 0 Å². The Kier molecular flexibility index (Phi) is 10.7. The van der Waals surface area contributed by atoms with Gasteiger partial charge in [0, 0.05) is 44.5 Å². The number of thioether (sulfide) groups is 3. The van der Waals surface area contributed by atoms with Gasteiger partial charge < -0.3 is 20.6 Å². The first-order valence-corrected chi connectivity index (χ1v) is 15.8. The Morgan fingerprint density at radius 3 is 2.54 bits per heavy atom. The second-order valence-corrected chi connectivity index (χ2v) is 12.7. The summed E-state index contributed by atoms with van der Waals surface area (Å²) in [5, 5.41) is 30.5. The van der Waals surface area contributed by atoms with Crippen LogP contribution in [0.15, 0.2) is 63.8 Å². The van der Waals surface area contributed by atoms with E-state index in [1.54, 1.807) is 0 Å². The average molecular weight is 658 g/mol. The summed E-state index contributed by atoms with van der Waals surface area (Å²) in [6, 6.07) is 5.93. The SMILES string of the molecule is O=C(O)/C=C/c1cc(Cl)c(SCC(=O)N[C@@H]2C(=O)N3C(C(=O)O)=C(CSc4cc[n+](CCO)cc4)CS[C@H]23)cc1Cl. The first-order chi connectivity index (χ1) is 19.6. The Labute approximate surface area is 257 Å². The Bertz CT molecular complexity index is 1440. The number of nitrogens with one attached hydrogen (secondary N) is 1. The summed E-state index contributed by atoms with van der Waals surface area (Å²) in [6.07, 6.45) is 5.91. The molecule has 3 heterocycles. The lowest BCUT2D eigenvalue weighted by molar-refractivity contribution is -0.698. The molecule has 4 N–H and O–H groups in total. The number of carbonyl (C=O) groups excluding carboxylic acids is 2. The summed E-state index contributed by atoms with van der Waals surface area (Å²) in [4.78, 5) is 51.2. The normalized spacial score (nSPS) is 18.3. The zero-order valence-electron chi connectivity index (χ0n) is 21.2. The van der Waals surface area contributed by atoms with Crippen LogP contribution in [0.1, 0.15) is 5.56 Å². The summed E-state index contributed by atoms with van der Waals surface area (Å²) in [5.74, 6) is -2.52. The highest BCUT2D eigenvalue weighted by molar-refractivity contribution is 8.01. The van der Waals surface area contributed by atoms with Gasteiger partial charge in [-0.1, -0.05) is 23.2 Å². The van der Waals surface area contributed by atoms with E-state index in [0.717, 1.165) is 22.7 Å². The van der Waals surface area contributed by atoms with E-state index in [0.29, 0.717) is 34.1 Å². The zero-order valence-corrected chi connectivity index (χ0v) is 25.1. The number of hydrogen-bond donors (Lipinski definition) is 4. The number of hydrogen-bond acceptors (Lipinski definition) is 8. The third kappa shape index (κ3) is 7.59. The fraction of sp³-hybridized carbons (Fsp3) is 0.269. The van der Waals surface area contributed by atoms with E-state index in [-0.39, 0.29) is 28.1 Å². The third-order valence-electron chi connectivity index (χ3n) is 6.01. The van der Waals surface area contributed by atoms with Gasteiger partial charge in [0.25, 0.3) is 5.91 Å². The lowest BCUT2D eigenvalue weighted by Gasteiger charge is -2.49. The number of carbonyl (C=O) groups is 4. The van der Waals surface area contributed by atoms with Gasteiger partial charge in [-0.15, -0.1) is 35.3 Å². The van der Waals surface area contributed by atoms with Crippen LogP contribution in [0.3, 0.4) is 0 Å². The molecule has 2 aliphatic heterocycles. The smallest absolute Gasteiger partial charge is 0.352 e. The predicted octanol–water partition coefficient (Wildman–Crippen LogP) is 2.99. The predicted molar refractivity (Wildman–Crippen MR) is 158 cm³/mol. The number of nitrogens with zero attached hydrogens (tertiary/aromatic N) is 2. The van der Waals surface area contributed by atoms with Crippen LogP contribution in [0.2, 0.25) is 10.0 Å². The minimum absolute atomic E-state index is 0.0289. The number of β-lactam (4-membered cyclic amide) rings is 1. The molecular formula is C26H24Cl2N3O7S3+. The summed E-state index contributed by atoms with van der Waals surface area (Å²) < 4.78 is 1.83. The van der Waals surface area contributed by atoms with E-state index in [4.69, 9.17) is 33.4 Å². The molecule has 4 rings (SSSR count). The molecule has 2 amide bonds. The molecule has 1 fully saturated rings. The van der Waals surface area contributed by atoms with Gasteiger partial charge in [0.2, 0.25) is 5.91 Å². The molecule has 1 aromatic carbocycles. The highest BCUT2D eigenvalue weighted by Crippen LogP contribution is 2.42. The zero-order chi connectivity index (χ0) is 29.7. The quantitative estimate of drug-likeness (QED) is 0.116. The minimum Gasteiger partial charge on any atom is -0.478 e. The van der Waals surface area contributed by atoms with Gasteiger partial charge in [0.15, 0.2) is 18.9 Å². The van der Waals surface area contributed by atoms with Crippen molar-refractivity contribution in [2.75, 3.05) is 23.9 Å². The first kappa shape index (κ1) is 31.3. The number of benzene rings is 1. The number of amides is 2.